The monoisotopic (exact) mass is 310 g/mol. The van der Waals surface area contributed by atoms with Gasteiger partial charge in [-0.25, -0.2) is 5.43 Å². The summed E-state index contributed by atoms with van der Waals surface area (Å²) in [6.07, 6.45) is 1.62. The number of benzene rings is 2. The number of fused-ring (bicyclic) bond motifs is 1. The zero-order chi connectivity index (χ0) is 16.2. The largest absolute Gasteiger partial charge is 0.454 e. The van der Waals surface area contributed by atoms with Crippen molar-refractivity contribution in [1.82, 2.24) is 5.43 Å². The third-order valence-corrected chi connectivity index (χ3v) is 3.62. The third kappa shape index (κ3) is 3.51. The van der Waals surface area contributed by atoms with Gasteiger partial charge < -0.3 is 9.47 Å². The second-order valence-electron chi connectivity index (χ2n) is 5.59. The number of ether oxygens (including phenoxy) is 2. The van der Waals surface area contributed by atoms with Crippen LogP contribution in [0.5, 0.6) is 11.5 Å². The average Bonchev–Trinajstić information content (AvgIpc) is 3.02. The predicted molar refractivity (Wildman–Crippen MR) is 88.2 cm³/mol. The van der Waals surface area contributed by atoms with Crippen LogP contribution >= 0.6 is 0 Å². The molecule has 2 aromatic carbocycles. The van der Waals surface area contributed by atoms with E-state index in [9.17, 15) is 4.79 Å². The molecule has 0 unspecified atom stereocenters. The zero-order valence-electron chi connectivity index (χ0n) is 13.1. The highest BCUT2D eigenvalue weighted by Gasteiger charge is 2.15. The molecule has 1 amide bonds. The maximum atomic E-state index is 12.1. The van der Waals surface area contributed by atoms with Crippen LogP contribution in [0, 0.1) is 0 Å². The van der Waals surface area contributed by atoms with Crippen LogP contribution in [0.15, 0.2) is 47.6 Å². The Labute approximate surface area is 134 Å². The molecule has 118 valence electrons. The molecule has 5 heteroatoms. The summed E-state index contributed by atoms with van der Waals surface area (Å²) in [5.74, 6) is 1.42. The van der Waals surface area contributed by atoms with Gasteiger partial charge in [0.2, 0.25) is 6.79 Å². The number of hydrogen-bond acceptors (Lipinski definition) is 4. The highest BCUT2D eigenvalue weighted by atomic mass is 16.7. The van der Waals surface area contributed by atoms with Gasteiger partial charge in [-0.05, 0) is 35.2 Å². The molecule has 0 spiro atoms. The molecule has 23 heavy (non-hydrogen) atoms. The summed E-state index contributed by atoms with van der Waals surface area (Å²) in [4.78, 5) is 12.1. The van der Waals surface area contributed by atoms with E-state index in [1.54, 1.807) is 24.4 Å². The lowest BCUT2D eigenvalue weighted by Gasteiger charge is -2.04. The van der Waals surface area contributed by atoms with E-state index in [0.717, 1.165) is 5.56 Å². The van der Waals surface area contributed by atoms with Crippen LogP contribution in [0.3, 0.4) is 0 Å². The molecule has 1 heterocycles. The van der Waals surface area contributed by atoms with E-state index in [1.165, 1.54) is 5.56 Å². The predicted octanol–water partition coefficient (Wildman–Crippen LogP) is 3.30. The number of rotatable bonds is 4. The first kappa shape index (κ1) is 15.1. The molecule has 0 atom stereocenters. The highest BCUT2D eigenvalue weighted by molar-refractivity contribution is 5.95. The number of carbonyl (C=O) groups is 1. The van der Waals surface area contributed by atoms with E-state index < -0.39 is 0 Å². The second-order valence-corrected chi connectivity index (χ2v) is 5.59. The van der Waals surface area contributed by atoms with Gasteiger partial charge in [-0.3, -0.25) is 4.79 Å². The molecule has 1 aliphatic rings. The summed E-state index contributed by atoms with van der Waals surface area (Å²) in [6, 6.07) is 13.1. The Hall–Kier alpha value is -2.82. The van der Waals surface area contributed by atoms with Crippen LogP contribution in [0.4, 0.5) is 0 Å². The molecule has 0 saturated heterocycles. The Morgan fingerprint density at radius 1 is 1.13 bits per heavy atom. The maximum Gasteiger partial charge on any atom is 0.271 e. The summed E-state index contributed by atoms with van der Waals surface area (Å²) in [5, 5.41) is 3.99. The topological polar surface area (TPSA) is 59.9 Å². The van der Waals surface area contributed by atoms with Crippen molar-refractivity contribution in [3.8, 4) is 11.5 Å². The van der Waals surface area contributed by atoms with Crippen molar-refractivity contribution in [3.05, 3.63) is 59.2 Å². The maximum absolute atomic E-state index is 12.1. The second kappa shape index (κ2) is 6.52. The zero-order valence-corrected chi connectivity index (χ0v) is 13.1. The van der Waals surface area contributed by atoms with Crippen molar-refractivity contribution in [2.24, 2.45) is 5.10 Å². The Morgan fingerprint density at radius 2 is 1.87 bits per heavy atom. The van der Waals surface area contributed by atoms with E-state index in [4.69, 9.17) is 9.47 Å². The fourth-order valence-corrected chi connectivity index (χ4v) is 2.23. The Balaban J connectivity index is 1.62. The Bertz CT molecular complexity index is 736. The van der Waals surface area contributed by atoms with Gasteiger partial charge >= 0.3 is 0 Å². The van der Waals surface area contributed by atoms with Gasteiger partial charge in [-0.2, -0.15) is 5.10 Å². The molecule has 1 N–H and O–H groups in total. The van der Waals surface area contributed by atoms with E-state index >= 15 is 0 Å². The normalized spacial score (nSPS) is 12.8. The quantitative estimate of drug-likeness (QED) is 0.696. The van der Waals surface area contributed by atoms with E-state index in [-0.39, 0.29) is 12.7 Å². The van der Waals surface area contributed by atoms with Gasteiger partial charge in [0.15, 0.2) is 11.5 Å². The number of hydrazone groups is 1. The van der Waals surface area contributed by atoms with Crippen molar-refractivity contribution in [2.75, 3.05) is 6.79 Å². The smallest absolute Gasteiger partial charge is 0.271 e. The van der Waals surface area contributed by atoms with E-state index in [0.29, 0.717) is 23.0 Å². The molecule has 2 aromatic rings. The van der Waals surface area contributed by atoms with Gasteiger partial charge in [0, 0.05) is 5.56 Å². The lowest BCUT2D eigenvalue weighted by molar-refractivity contribution is 0.0954. The third-order valence-electron chi connectivity index (χ3n) is 3.62. The van der Waals surface area contributed by atoms with Crippen LogP contribution in [-0.2, 0) is 0 Å². The fraction of sp³-hybridized carbons (Fsp3) is 0.222. The summed E-state index contributed by atoms with van der Waals surface area (Å²) in [6.45, 7) is 4.48. The summed E-state index contributed by atoms with van der Waals surface area (Å²) >= 11 is 0. The molecular weight excluding hydrogens is 292 g/mol. The van der Waals surface area contributed by atoms with E-state index in [2.05, 4.69) is 36.5 Å². The van der Waals surface area contributed by atoms with Crippen LogP contribution in [0.25, 0.3) is 0 Å². The highest BCUT2D eigenvalue weighted by Crippen LogP contribution is 2.32. The molecular formula is C18H18N2O3. The van der Waals surface area contributed by atoms with Gasteiger partial charge in [0.1, 0.15) is 0 Å². The van der Waals surface area contributed by atoms with Crippen molar-refractivity contribution >= 4 is 12.1 Å². The lowest BCUT2D eigenvalue weighted by atomic mass is 10.0. The van der Waals surface area contributed by atoms with E-state index in [1.807, 2.05) is 12.1 Å². The number of hydrogen-bond donors (Lipinski definition) is 1. The number of carbonyl (C=O) groups excluding carboxylic acids is 1. The SMILES string of the molecule is CC(C)c1ccc(C=NNC(=O)c2ccc3c(c2)OCO3)cc1. The van der Waals surface area contributed by atoms with Crippen LogP contribution in [0.1, 0.15) is 41.3 Å². The Morgan fingerprint density at radius 3 is 2.61 bits per heavy atom. The summed E-state index contributed by atoms with van der Waals surface area (Å²) < 4.78 is 10.5. The number of nitrogens with one attached hydrogen (secondary N) is 1. The minimum absolute atomic E-state index is 0.185. The minimum atomic E-state index is -0.293. The fourth-order valence-electron chi connectivity index (χ4n) is 2.23. The first-order valence-corrected chi connectivity index (χ1v) is 7.46. The van der Waals surface area contributed by atoms with Crippen molar-refractivity contribution < 1.29 is 14.3 Å². The van der Waals surface area contributed by atoms with Crippen molar-refractivity contribution in [2.45, 2.75) is 19.8 Å². The summed E-state index contributed by atoms with van der Waals surface area (Å²) in [5.41, 5.74) is 5.18. The molecule has 0 aliphatic carbocycles. The first-order valence-electron chi connectivity index (χ1n) is 7.46. The average molecular weight is 310 g/mol. The number of nitrogens with zero attached hydrogens (tertiary/aromatic N) is 1. The van der Waals surface area contributed by atoms with Crippen LogP contribution < -0.4 is 14.9 Å². The first-order chi connectivity index (χ1) is 11.1. The standard InChI is InChI=1S/C18H18N2O3/c1-12(2)14-5-3-13(4-6-14)10-19-20-18(21)15-7-8-16-17(9-15)23-11-22-16/h3-10,12H,11H2,1-2H3,(H,20,21). The number of amides is 1. The van der Waals surface area contributed by atoms with Gasteiger partial charge in [-0.15, -0.1) is 0 Å². The van der Waals surface area contributed by atoms with Gasteiger partial charge in [0.05, 0.1) is 6.21 Å². The minimum Gasteiger partial charge on any atom is -0.454 e. The van der Waals surface area contributed by atoms with Crippen LogP contribution in [-0.4, -0.2) is 18.9 Å². The van der Waals surface area contributed by atoms with Crippen LogP contribution in [0.2, 0.25) is 0 Å². The summed E-state index contributed by atoms with van der Waals surface area (Å²) in [7, 11) is 0. The van der Waals surface area contributed by atoms with Gasteiger partial charge in [-0.1, -0.05) is 38.1 Å². The lowest BCUT2D eigenvalue weighted by Crippen LogP contribution is -2.17. The molecule has 1 aliphatic heterocycles. The van der Waals surface area contributed by atoms with Gasteiger partial charge in [0.25, 0.3) is 5.91 Å². The molecule has 0 bridgehead atoms. The van der Waals surface area contributed by atoms with Crippen molar-refractivity contribution in [3.63, 3.8) is 0 Å². The Kier molecular flexibility index (Phi) is 4.28. The molecule has 0 saturated carbocycles. The molecule has 0 radical (unpaired) electrons. The van der Waals surface area contributed by atoms with Crippen molar-refractivity contribution in [1.29, 1.82) is 0 Å². The molecule has 5 nitrogen and oxygen atoms in total. The molecule has 0 fully saturated rings. The molecule has 3 rings (SSSR count). The molecule has 0 aromatic heterocycles.